The number of amides is 3. The van der Waals surface area contributed by atoms with Crippen molar-refractivity contribution in [1.29, 1.82) is 0 Å². The Morgan fingerprint density at radius 2 is 1.96 bits per heavy atom. The SMILES string of the molecule is CCCCN1CC2=C(C1=O)[C@@H](c1ccc(O)cc1)NC(=O)N2C. The van der Waals surface area contributed by atoms with Crippen molar-refractivity contribution in [3.63, 3.8) is 0 Å². The average molecular weight is 315 g/mol. The number of unbranched alkanes of at least 4 members (excludes halogenated alkanes) is 1. The molecule has 23 heavy (non-hydrogen) atoms. The third-order valence-electron chi connectivity index (χ3n) is 4.44. The van der Waals surface area contributed by atoms with Gasteiger partial charge in [0.1, 0.15) is 5.75 Å². The van der Waals surface area contributed by atoms with Crippen LogP contribution < -0.4 is 5.32 Å². The highest BCUT2D eigenvalue weighted by atomic mass is 16.3. The summed E-state index contributed by atoms with van der Waals surface area (Å²) in [5.41, 5.74) is 2.20. The van der Waals surface area contributed by atoms with Crippen LogP contribution in [0, 0.1) is 0 Å². The van der Waals surface area contributed by atoms with E-state index in [1.54, 1.807) is 36.2 Å². The molecule has 6 nitrogen and oxygen atoms in total. The molecule has 2 heterocycles. The molecule has 0 aromatic heterocycles. The summed E-state index contributed by atoms with van der Waals surface area (Å²) in [6.45, 7) is 3.27. The second kappa shape index (κ2) is 5.95. The maximum atomic E-state index is 12.8. The van der Waals surface area contributed by atoms with E-state index in [4.69, 9.17) is 0 Å². The summed E-state index contributed by atoms with van der Waals surface area (Å²) in [6.07, 6.45) is 1.96. The van der Waals surface area contributed by atoms with Crippen LogP contribution in [0.3, 0.4) is 0 Å². The number of likely N-dealkylation sites (N-methyl/N-ethyl adjacent to an activating group) is 1. The lowest BCUT2D eigenvalue weighted by molar-refractivity contribution is -0.125. The summed E-state index contributed by atoms with van der Waals surface area (Å²) in [7, 11) is 1.69. The minimum absolute atomic E-state index is 0.0154. The molecule has 0 aliphatic carbocycles. The fourth-order valence-electron chi connectivity index (χ4n) is 3.07. The van der Waals surface area contributed by atoms with Crippen molar-refractivity contribution in [3.05, 3.63) is 41.1 Å². The minimum Gasteiger partial charge on any atom is -0.508 e. The lowest BCUT2D eigenvalue weighted by atomic mass is 9.95. The van der Waals surface area contributed by atoms with Gasteiger partial charge in [0, 0.05) is 13.6 Å². The van der Waals surface area contributed by atoms with Crippen molar-refractivity contribution in [2.24, 2.45) is 0 Å². The number of phenolic OH excluding ortho intramolecular Hbond substituents is 1. The van der Waals surface area contributed by atoms with E-state index in [0.29, 0.717) is 18.7 Å². The molecular weight excluding hydrogens is 294 g/mol. The van der Waals surface area contributed by atoms with E-state index in [1.165, 1.54) is 4.90 Å². The molecule has 0 bridgehead atoms. The number of benzene rings is 1. The van der Waals surface area contributed by atoms with Crippen LogP contribution in [0.1, 0.15) is 31.4 Å². The highest BCUT2D eigenvalue weighted by molar-refractivity contribution is 6.01. The average Bonchev–Trinajstić information content (AvgIpc) is 2.87. The first-order chi connectivity index (χ1) is 11.0. The van der Waals surface area contributed by atoms with Gasteiger partial charge in [-0.15, -0.1) is 0 Å². The van der Waals surface area contributed by atoms with Crippen LogP contribution >= 0.6 is 0 Å². The number of carbonyl (C=O) groups is 2. The normalized spacial score (nSPS) is 20.9. The summed E-state index contributed by atoms with van der Waals surface area (Å²) in [5.74, 6) is 0.142. The van der Waals surface area contributed by atoms with Gasteiger partial charge < -0.3 is 15.3 Å². The quantitative estimate of drug-likeness (QED) is 0.892. The van der Waals surface area contributed by atoms with E-state index < -0.39 is 6.04 Å². The molecule has 2 aliphatic rings. The molecule has 3 amide bonds. The zero-order valence-corrected chi connectivity index (χ0v) is 13.4. The monoisotopic (exact) mass is 315 g/mol. The maximum Gasteiger partial charge on any atom is 0.322 e. The van der Waals surface area contributed by atoms with Gasteiger partial charge in [0.05, 0.1) is 23.9 Å². The molecule has 1 atom stereocenters. The summed E-state index contributed by atoms with van der Waals surface area (Å²) in [6, 6.07) is 5.92. The number of hydrogen-bond donors (Lipinski definition) is 2. The number of urea groups is 1. The smallest absolute Gasteiger partial charge is 0.322 e. The molecule has 1 aromatic rings. The molecule has 0 saturated heterocycles. The third-order valence-corrected chi connectivity index (χ3v) is 4.44. The van der Waals surface area contributed by atoms with E-state index in [2.05, 4.69) is 12.2 Å². The molecule has 1 aromatic carbocycles. The van der Waals surface area contributed by atoms with Crippen molar-refractivity contribution in [2.45, 2.75) is 25.8 Å². The molecule has 0 unspecified atom stereocenters. The third kappa shape index (κ3) is 2.65. The largest absolute Gasteiger partial charge is 0.508 e. The van der Waals surface area contributed by atoms with E-state index in [9.17, 15) is 14.7 Å². The Morgan fingerprint density at radius 1 is 1.26 bits per heavy atom. The Balaban J connectivity index is 1.96. The Hall–Kier alpha value is -2.50. The molecule has 122 valence electrons. The zero-order valence-electron chi connectivity index (χ0n) is 13.4. The van der Waals surface area contributed by atoms with Gasteiger partial charge in [-0.1, -0.05) is 25.5 Å². The zero-order chi connectivity index (χ0) is 16.6. The van der Waals surface area contributed by atoms with Crippen LogP contribution in [0.15, 0.2) is 35.5 Å². The van der Waals surface area contributed by atoms with E-state index in [0.717, 1.165) is 24.1 Å². The first-order valence-electron chi connectivity index (χ1n) is 7.88. The predicted octanol–water partition coefficient (Wildman–Crippen LogP) is 1.98. The van der Waals surface area contributed by atoms with Crippen LogP contribution in [0.25, 0.3) is 0 Å². The highest BCUT2D eigenvalue weighted by Gasteiger charge is 2.42. The number of rotatable bonds is 4. The van der Waals surface area contributed by atoms with Crippen molar-refractivity contribution in [3.8, 4) is 5.75 Å². The molecular formula is C17H21N3O3. The number of carbonyl (C=O) groups excluding carboxylic acids is 2. The fraction of sp³-hybridized carbons (Fsp3) is 0.412. The van der Waals surface area contributed by atoms with Crippen molar-refractivity contribution in [2.75, 3.05) is 20.1 Å². The molecule has 3 rings (SSSR count). The molecule has 2 N–H and O–H groups in total. The van der Waals surface area contributed by atoms with Crippen LogP contribution in [0.2, 0.25) is 0 Å². The van der Waals surface area contributed by atoms with Gasteiger partial charge in [-0.3, -0.25) is 9.69 Å². The van der Waals surface area contributed by atoms with Gasteiger partial charge in [0.2, 0.25) is 0 Å². The Labute approximate surface area is 135 Å². The van der Waals surface area contributed by atoms with Crippen LogP contribution in [0.4, 0.5) is 4.79 Å². The maximum absolute atomic E-state index is 12.8. The number of phenols is 1. The predicted molar refractivity (Wildman–Crippen MR) is 85.7 cm³/mol. The molecule has 2 aliphatic heterocycles. The number of nitrogens with one attached hydrogen (secondary N) is 1. The Bertz CT molecular complexity index is 666. The van der Waals surface area contributed by atoms with Gasteiger partial charge >= 0.3 is 6.03 Å². The minimum atomic E-state index is -0.464. The molecule has 0 radical (unpaired) electrons. The standard InChI is InChI=1S/C17H21N3O3/c1-3-4-9-20-10-13-14(16(20)22)15(18-17(23)19(13)2)11-5-7-12(21)8-6-11/h5-8,15,21H,3-4,9-10H2,1-2H3,(H,18,23)/t15-/m1/s1. The molecule has 6 heteroatoms. The highest BCUT2D eigenvalue weighted by Crippen LogP contribution is 2.36. The van der Waals surface area contributed by atoms with Gasteiger partial charge in [-0.25, -0.2) is 4.79 Å². The number of hydrogen-bond acceptors (Lipinski definition) is 3. The Morgan fingerprint density at radius 3 is 2.61 bits per heavy atom. The fourth-order valence-corrected chi connectivity index (χ4v) is 3.07. The van der Waals surface area contributed by atoms with E-state index >= 15 is 0 Å². The van der Waals surface area contributed by atoms with Crippen LogP contribution in [0.5, 0.6) is 5.75 Å². The van der Waals surface area contributed by atoms with Crippen LogP contribution in [-0.4, -0.2) is 47.0 Å². The number of aromatic hydroxyl groups is 1. The van der Waals surface area contributed by atoms with Gasteiger partial charge in [-0.2, -0.15) is 0 Å². The van der Waals surface area contributed by atoms with E-state index in [-0.39, 0.29) is 17.7 Å². The van der Waals surface area contributed by atoms with E-state index in [1.807, 2.05) is 0 Å². The lowest BCUT2D eigenvalue weighted by Gasteiger charge is -2.31. The molecule has 0 saturated carbocycles. The van der Waals surface area contributed by atoms with Crippen LogP contribution in [-0.2, 0) is 4.79 Å². The second-order valence-electron chi connectivity index (χ2n) is 5.97. The lowest BCUT2D eigenvalue weighted by Crippen LogP contribution is -2.45. The Kier molecular flexibility index (Phi) is 3.98. The van der Waals surface area contributed by atoms with Crippen molar-refractivity contribution in [1.82, 2.24) is 15.1 Å². The summed E-state index contributed by atoms with van der Waals surface area (Å²) in [4.78, 5) is 28.3. The number of nitrogens with zero attached hydrogens (tertiary/aromatic N) is 2. The second-order valence-corrected chi connectivity index (χ2v) is 5.97. The summed E-state index contributed by atoms with van der Waals surface area (Å²) in [5, 5.41) is 12.3. The molecule has 0 spiro atoms. The van der Waals surface area contributed by atoms with Crippen molar-refractivity contribution >= 4 is 11.9 Å². The van der Waals surface area contributed by atoms with Gasteiger partial charge in [-0.05, 0) is 24.1 Å². The van der Waals surface area contributed by atoms with Gasteiger partial charge in [0.25, 0.3) is 5.91 Å². The first-order valence-corrected chi connectivity index (χ1v) is 7.88. The molecule has 0 fully saturated rings. The summed E-state index contributed by atoms with van der Waals surface area (Å²) < 4.78 is 0. The topological polar surface area (TPSA) is 72.9 Å². The van der Waals surface area contributed by atoms with Crippen molar-refractivity contribution < 1.29 is 14.7 Å². The van der Waals surface area contributed by atoms with Gasteiger partial charge in [0.15, 0.2) is 0 Å². The summed E-state index contributed by atoms with van der Waals surface area (Å²) >= 11 is 0. The first kappa shape index (κ1) is 15.4.